The molecule has 0 saturated heterocycles. The van der Waals surface area contributed by atoms with Crippen LogP contribution in [-0.4, -0.2) is 31.3 Å². The number of benzene rings is 2. The number of esters is 1. The van der Waals surface area contributed by atoms with Gasteiger partial charge in [0, 0.05) is 5.02 Å². The quantitative estimate of drug-likeness (QED) is 0.514. The third-order valence-corrected chi connectivity index (χ3v) is 3.70. The van der Waals surface area contributed by atoms with Gasteiger partial charge in [-0.2, -0.15) is 0 Å². The van der Waals surface area contributed by atoms with Crippen LogP contribution >= 0.6 is 11.6 Å². The molecule has 0 aliphatic carbocycles. The van der Waals surface area contributed by atoms with Crippen molar-refractivity contribution in [3.8, 4) is 5.75 Å². The Morgan fingerprint density at radius 3 is 2.78 bits per heavy atom. The second-order valence-electron chi connectivity index (χ2n) is 5.02. The number of halogens is 1. The number of hydrogen-bond acceptors (Lipinski definition) is 5. The molecule has 0 amide bonds. The molecule has 0 fully saturated rings. The van der Waals surface area contributed by atoms with E-state index in [4.69, 9.17) is 25.7 Å². The molecule has 118 valence electrons. The Kier molecular flexibility index (Phi) is 4.86. The summed E-state index contributed by atoms with van der Waals surface area (Å²) in [4.78, 5) is 12.0. The fourth-order valence-electron chi connectivity index (χ4n) is 2.25. The minimum atomic E-state index is -0.981. The average Bonchev–Trinajstić information content (AvgIpc) is 2.94. The summed E-state index contributed by atoms with van der Waals surface area (Å²) in [5.74, 6) is 0.190. The third-order valence-electron chi connectivity index (χ3n) is 3.44. The topological polar surface area (TPSA) is 65.0 Å². The molecule has 1 N–H and O–H groups in total. The van der Waals surface area contributed by atoms with Crippen LogP contribution in [0.1, 0.15) is 15.9 Å². The highest BCUT2D eigenvalue weighted by Gasteiger charge is 2.28. The molecule has 0 atom stereocenters. The summed E-state index contributed by atoms with van der Waals surface area (Å²) in [6.45, 7) is 0.711. The van der Waals surface area contributed by atoms with Crippen molar-refractivity contribution in [2.24, 2.45) is 0 Å². The first-order valence-electron chi connectivity index (χ1n) is 7.11. The highest BCUT2D eigenvalue weighted by Crippen LogP contribution is 2.15. The zero-order chi connectivity index (χ0) is 16.2. The van der Waals surface area contributed by atoms with E-state index in [1.54, 1.807) is 42.5 Å². The van der Waals surface area contributed by atoms with Crippen LogP contribution < -0.4 is 10.2 Å². The lowest BCUT2D eigenvalue weighted by molar-refractivity contribution is 0.0450. The predicted octanol–water partition coefficient (Wildman–Crippen LogP) is 1.79. The maximum absolute atomic E-state index is 12.0. The highest BCUT2D eigenvalue weighted by molar-refractivity contribution is 6.61. The van der Waals surface area contributed by atoms with Crippen molar-refractivity contribution in [3.63, 3.8) is 0 Å². The molecular weight excluding hydrogens is 318 g/mol. The number of hydrogen-bond donors (Lipinski definition) is 1. The van der Waals surface area contributed by atoms with Crippen molar-refractivity contribution in [1.29, 1.82) is 0 Å². The first-order chi connectivity index (χ1) is 11.1. The fraction of sp³-hybridized carbons (Fsp3) is 0.188. The molecule has 2 aromatic rings. The summed E-state index contributed by atoms with van der Waals surface area (Å²) in [7, 11) is -0.981. The molecule has 0 aromatic heterocycles. The summed E-state index contributed by atoms with van der Waals surface area (Å²) in [5, 5.41) is 10.3. The van der Waals surface area contributed by atoms with Crippen molar-refractivity contribution in [2.45, 2.75) is 6.61 Å². The van der Waals surface area contributed by atoms with Gasteiger partial charge in [-0.25, -0.2) is 4.79 Å². The standard InChI is InChI=1S/C16H14BClO5/c18-13-3-5-14(6-4-13)21-7-8-22-16(19)11-1-2-12-10-23-17(20)15(12)9-11/h1-6,9,20H,7-8,10H2. The van der Waals surface area contributed by atoms with Gasteiger partial charge in [-0.05, 0) is 47.4 Å². The van der Waals surface area contributed by atoms with E-state index >= 15 is 0 Å². The van der Waals surface area contributed by atoms with Crippen LogP contribution in [0.3, 0.4) is 0 Å². The van der Waals surface area contributed by atoms with Crippen molar-refractivity contribution >= 4 is 30.2 Å². The lowest BCUT2D eigenvalue weighted by atomic mass is 9.79. The Labute approximate surface area is 138 Å². The SMILES string of the molecule is O=C(OCCOc1ccc(Cl)cc1)c1ccc2c(c1)B(O)OC2. The summed E-state index contributed by atoms with van der Waals surface area (Å²) < 4.78 is 15.7. The first-order valence-corrected chi connectivity index (χ1v) is 7.49. The minimum absolute atomic E-state index is 0.123. The molecule has 5 nitrogen and oxygen atoms in total. The van der Waals surface area contributed by atoms with Crippen LogP contribution in [0.4, 0.5) is 0 Å². The Morgan fingerprint density at radius 2 is 2.00 bits per heavy atom. The number of ether oxygens (including phenoxy) is 2. The second-order valence-corrected chi connectivity index (χ2v) is 5.45. The van der Waals surface area contributed by atoms with Gasteiger partial charge in [0.25, 0.3) is 0 Å². The zero-order valence-electron chi connectivity index (χ0n) is 12.2. The molecule has 0 unspecified atom stereocenters. The molecule has 0 bridgehead atoms. The molecule has 3 rings (SSSR count). The third kappa shape index (κ3) is 3.85. The Bertz CT molecular complexity index is 704. The van der Waals surface area contributed by atoms with Gasteiger partial charge >= 0.3 is 13.1 Å². The largest absolute Gasteiger partial charge is 0.491 e. The van der Waals surface area contributed by atoms with E-state index in [1.165, 1.54) is 0 Å². The van der Waals surface area contributed by atoms with Crippen LogP contribution in [0.15, 0.2) is 42.5 Å². The van der Waals surface area contributed by atoms with Gasteiger partial charge in [-0.15, -0.1) is 0 Å². The average molecular weight is 333 g/mol. The molecule has 2 aromatic carbocycles. The van der Waals surface area contributed by atoms with Gasteiger partial charge in [-0.1, -0.05) is 17.7 Å². The van der Waals surface area contributed by atoms with E-state index in [0.717, 1.165) is 5.56 Å². The van der Waals surface area contributed by atoms with E-state index < -0.39 is 13.1 Å². The van der Waals surface area contributed by atoms with E-state index in [1.807, 2.05) is 0 Å². The molecule has 1 aliphatic heterocycles. The first kappa shape index (κ1) is 15.9. The Hall–Kier alpha value is -2.02. The van der Waals surface area contributed by atoms with Crippen LogP contribution in [0.25, 0.3) is 0 Å². The predicted molar refractivity (Wildman–Crippen MR) is 86.1 cm³/mol. The molecule has 1 heterocycles. The van der Waals surface area contributed by atoms with E-state index in [-0.39, 0.29) is 13.2 Å². The molecule has 7 heteroatoms. The van der Waals surface area contributed by atoms with Gasteiger partial charge in [0.1, 0.15) is 19.0 Å². The normalized spacial score (nSPS) is 12.9. The van der Waals surface area contributed by atoms with Crippen molar-refractivity contribution < 1.29 is 23.9 Å². The lowest BCUT2D eigenvalue weighted by Crippen LogP contribution is -2.29. The minimum Gasteiger partial charge on any atom is -0.490 e. The van der Waals surface area contributed by atoms with E-state index in [2.05, 4.69) is 0 Å². The number of carbonyl (C=O) groups excluding carboxylic acids is 1. The van der Waals surface area contributed by atoms with E-state index in [0.29, 0.717) is 28.4 Å². The zero-order valence-corrected chi connectivity index (χ0v) is 13.0. The molecular formula is C16H14BClO5. The van der Waals surface area contributed by atoms with Gasteiger partial charge in [0.2, 0.25) is 0 Å². The maximum atomic E-state index is 12.0. The summed E-state index contributed by atoms with van der Waals surface area (Å²) in [6, 6.07) is 11.9. The second kappa shape index (κ2) is 7.04. The summed E-state index contributed by atoms with van der Waals surface area (Å²) in [6.07, 6.45) is 0. The summed E-state index contributed by atoms with van der Waals surface area (Å²) in [5.41, 5.74) is 1.86. The number of fused-ring (bicyclic) bond motifs is 1. The highest BCUT2D eigenvalue weighted by atomic mass is 35.5. The lowest BCUT2D eigenvalue weighted by Gasteiger charge is -2.08. The van der Waals surface area contributed by atoms with Crippen molar-refractivity contribution in [2.75, 3.05) is 13.2 Å². The van der Waals surface area contributed by atoms with Crippen LogP contribution in [0, 0.1) is 0 Å². The molecule has 23 heavy (non-hydrogen) atoms. The Morgan fingerprint density at radius 1 is 1.22 bits per heavy atom. The fourth-order valence-corrected chi connectivity index (χ4v) is 2.38. The van der Waals surface area contributed by atoms with Gasteiger partial charge < -0.3 is 19.2 Å². The van der Waals surface area contributed by atoms with E-state index in [9.17, 15) is 9.82 Å². The monoisotopic (exact) mass is 332 g/mol. The molecule has 0 spiro atoms. The number of rotatable bonds is 5. The van der Waals surface area contributed by atoms with Gasteiger partial charge in [0.15, 0.2) is 0 Å². The molecule has 0 radical (unpaired) electrons. The summed E-state index contributed by atoms with van der Waals surface area (Å²) >= 11 is 5.78. The Balaban J connectivity index is 1.50. The maximum Gasteiger partial charge on any atom is 0.491 e. The number of carbonyl (C=O) groups is 1. The van der Waals surface area contributed by atoms with Gasteiger partial charge in [0.05, 0.1) is 12.2 Å². The van der Waals surface area contributed by atoms with Crippen molar-refractivity contribution in [3.05, 3.63) is 58.6 Å². The molecule has 1 aliphatic rings. The smallest absolute Gasteiger partial charge is 0.490 e. The van der Waals surface area contributed by atoms with Crippen LogP contribution in [0.5, 0.6) is 5.75 Å². The van der Waals surface area contributed by atoms with Crippen LogP contribution in [0.2, 0.25) is 5.02 Å². The van der Waals surface area contributed by atoms with Crippen molar-refractivity contribution in [1.82, 2.24) is 0 Å². The van der Waals surface area contributed by atoms with Gasteiger partial charge in [-0.3, -0.25) is 0 Å². The van der Waals surface area contributed by atoms with Crippen LogP contribution in [-0.2, 0) is 16.0 Å². The molecule has 0 saturated carbocycles.